The van der Waals surface area contributed by atoms with Crippen LogP contribution in [0, 0.1) is 0 Å². The van der Waals surface area contributed by atoms with E-state index in [0.29, 0.717) is 0 Å². The summed E-state index contributed by atoms with van der Waals surface area (Å²) < 4.78 is 21.1. The molecular weight excluding hydrogens is 293 g/mol. The largest absolute Gasteiger partial charge is 0.462 e. The van der Waals surface area contributed by atoms with Gasteiger partial charge in [0.05, 0.1) is 12.9 Å². The highest BCUT2D eigenvalue weighted by Crippen LogP contribution is 2.38. The molecule has 102 valence electrons. The Bertz CT molecular complexity index is 642. The molecule has 0 aliphatic heterocycles. The fourth-order valence-electron chi connectivity index (χ4n) is 1.39. The van der Waals surface area contributed by atoms with Crippen molar-refractivity contribution in [2.75, 3.05) is 6.61 Å². The van der Waals surface area contributed by atoms with Gasteiger partial charge < -0.3 is 18.9 Å². The number of hydrogen-bond acceptors (Lipinski definition) is 6. The molecule has 0 saturated carbocycles. The van der Waals surface area contributed by atoms with E-state index in [9.17, 15) is 9.36 Å². The van der Waals surface area contributed by atoms with Gasteiger partial charge in [-0.1, -0.05) is 0 Å². The maximum absolute atomic E-state index is 11.5. The van der Waals surface area contributed by atoms with E-state index >= 15 is 0 Å². The summed E-state index contributed by atoms with van der Waals surface area (Å²) in [5.41, 5.74) is 0.191. The normalized spacial score (nSPS) is 11.5. The van der Waals surface area contributed by atoms with Gasteiger partial charge in [0, 0.05) is 5.38 Å². The lowest BCUT2D eigenvalue weighted by atomic mass is 10.4. The Morgan fingerprint density at radius 1 is 1.58 bits per heavy atom. The molecule has 0 fully saturated rings. The van der Waals surface area contributed by atoms with Crippen LogP contribution in [-0.4, -0.2) is 27.3 Å². The van der Waals surface area contributed by atoms with Gasteiger partial charge in [-0.2, -0.15) is 0 Å². The van der Waals surface area contributed by atoms with Crippen LogP contribution < -0.4 is 5.30 Å². The lowest BCUT2D eigenvalue weighted by molar-refractivity contribution is 0.0526. The highest BCUT2D eigenvalue weighted by molar-refractivity contribution is 7.60. The highest BCUT2D eigenvalue weighted by atomic mass is 32.1. The third-order valence-corrected chi connectivity index (χ3v) is 3.95. The van der Waals surface area contributed by atoms with Crippen molar-refractivity contribution in [3.05, 3.63) is 22.7 Å². The van der Waals surface area contributed by atoms with Crippen molar-refractivity contribution in [3.63, 3.8) is 0 Å². The number of carbonyl (C=O) groups excluding carboxylic acids is 1. The monoisotopic (exact) mass is 303 g/mol. The summed E-state index contributed by atoms with van der Waals surface area (Å²) >= 11 is 1.02. The van der Waals surface area contributed by atoms with Crippen LogP contribution in [0.4, 0.5) is 0 Å². The number of ether oxygens (including phenoxy) is 1. The van der Waals surface area contributed by atoms with Gasteiger partial charge in [0.1, 0.15) is 11.0 Å². The van der Waals surface area contributed by atoms with Crippen molar-refractivity contribution < 1.29 is 28.3 Å². The Labute approximate surface area is 112 Å². The molecule has 0 aliphatic carbocycles. The van der Waals surface area contributed by atoms with Crippen LogP contribution >= 0.6 is 18.9 Å². The Balaban J connectivity index is 2.37. The quantitative estimate of drug-likeness (QED) is 0.648. The Kier molecular flexibility index (Phi) is 3.86. The Morgan fingerprint density at radius 3 is 2.95 bits per heavy atom. The van der Waals surface area contributed by atoms with Gasteiger partial charge in [-0.3, -0.25) is 4.57 Å². The third-order valence-electron chi connectivity index (χ3n) is 2.15. The molecule has 0 atom stereocenters. The zero-order valence-corrected chi connectivity index (χ0v) is 11.5. The van der Waals surface area contributed by atoms with Crippen LogP contribution in [0.5, 0.6) is 0 Å². The second-order valence-corrected chi connectivity index (χ2v) is 5.87. The number of furan rings is 1. The molecule has 0 spiro atoms. The fraction of sp³-hybridized carbons (Fsp3) is 0.200. The predicted octanol–water partition coefficient (Wildman–Crippen LogP) is 1.38. The predicted molar refractivity (Wildman–Crippen MR) is 67.5 cm³/mol. The molecule has 2 aromatic rings. The standard InChI is InChI=1S/C10H10NO6PS/c1-2-16-10(12)9-11-6(5-19-9)8-7(3-4-17-8)18(13,14)15/h3-5H,2H2,1H3,(H2,13,14,15). The summed E-state index contributed by atoms with van der Waals surface area (Å²) in [4.78, 5) is 33.7. The number of esters is 1. The molecular formula is C10H10NO6PS. The minimum Gasteiger partial charge on any atom is -0.462 e. The minimum absolute atomic E-state index is 0.0415. The van der Waals surface area contributed by atoms with E-state index in [4.69, 9.17) is 18.9 Å². The van der Waals surface area contributed by atoms with Crippen LogP contribution in [0.25, 0.3) is 11.5 Å². The maximum Gasteiger partial charge on any atom is 0.367 e. The van der Waals surface area contributed by atoms with E-state index in [1.807, 2.05) is 0 Å². The first-order chi connectivity index (χ1) is 8.93. The Morgan fingerprint density at radius 2 is 2.32 bits per heavy atom. The zero-order valence-electron chi connectivity index (χ0n) is 9.77. The molecule has 19 heavy (non-hydrogen) atoms. The number of carbonyl (C=O) groups is 1. The van der Waals surface area contributed by atoms with Crippen molar-refractivity contribution in [2.45, 2.75) is 6.92 Å². The molecule has 0 bridgehead atoms. The molecule has 0 aliphatic rings. The van der Waals surface area contributed by atoms with Gasteiger partial charge in [0.15, 0.2) is 5.76 Å². The summed E-state index contributed by atoms with van der Waals surface area (Å²) in [6, 6.07) is 1.18. The van der Waals surface area contributed by atoms with Crippen molar-refractivity contribution >= 4 is 30.2 Å². The van der Waals surface area contributed by atoms with E-state index < -0.39 is 13.6 Å². The highest BCUT2D eigenvalue weighted by Gasteiger charge is 2.27. The molecule has 0 amide bonds. The summed E-state index contributed by atoms with van der Waals surface area (Å²) in [7, 11) is -4.45. The van der Waals surface area contributed by atoms with Crippen LogP contribution in [-0.2, 0) is 9.30 Å². The molecule has 2 rings (SSSR count). The lowest BCUT2D eigenvalue weighted by Gasteiger charge is -2.01. The van der Waals surface area contributed by atoms with Gasteiger partial charge in [-0.05, 0) is 13.0 Å². The van der Waals surface area contributed by atoms with Gasteiger partial charge in [-0.15, -0.1) is 11.3 Å². The fourth-order valence-corrected chi connectivity index (χ4v) is 2.76. The first-order valence-corrected chi connectivity index (χ1v) is 7.69. The van der Waals surface area contributed by atoms with E-state index in [0.717, 1.165) is 17.6 Å². The van der Waals surface area contributed by atoms with E-state index in [1.54, 1.807) is 6.92 Å². The number of rotatable bonds is 4. The molecule has 0 saturated heterocycles. The molecule has 2 heterocycles. The SMILES string of the molecule is CCOC(=O)c1nc(-c2occc2P(=O)(O)O)cs1. The third kappa shape index (κ3) is 2.93. The summed E-state index contributed by atoms with van der Waals surface area (Å²) in [6.07, 6.45) is 1.16. The van der Waals surface area contributed by atoms with Crippen molar-refractivity contribution in [1.29, 1.82) is 0 Å². The summed E-state index contributed by atoms with van der Waals surface area (Å²) in [5.74, 6) is -0.622. The zero-order chi connectivity index (χ0) is 14.0. The van der Waals surface area contributed by atoms with Gasteiger partial charge >= 0.3 is 13.6 Å². The van der Waals surface area contributed by atoms with Gasteiger partial charge in [0.25, 0.3) is 0 Å². The molecule has 2 aromatic heterocycles. The number of nitrogens with zero attached hydrogens (tertiary/aromatic N) is 1. The molecule has 0 aromatic carbocycles. The maximum atomic E-state index is 11.5. The van der Waals surface area contributed by atoms with Crippen LogP contribution in [0.2, 0.25) is 0 Å². The van der Waals surface area contributed by atoms with Gasteiger partial charge in [0.2, 0.25) is 5.01 Å². The lowest BCUT2D eigenvalue weighted by Crippen LogP contribution is -2.05. The molecule has 7 nitrogen and oxygen atoms in total. The minimum atomic E-state index is -4.45. The van der Waals surface area contributed by atoms with Crippen LogP contribution in [0.1, 0.15) is 16.7 Å². The summed E-state index contributed by atoms with van der Waals surface area (Å²) in [6.45, 7) is 1.90. The molecule has 2 N–H and O–H groups in total. The average Bonchev–Trinajstić information content (AvgIpc) is 2.97. The van der Waals surface area contributed by atoms with E-state index in [-0.39, 0.29) is 28.4 Å². The molecule has 0 radical (unpaired) electrons. The second-order valence-electron chi connectivity index (χ2n) is 3.44. The smallest absolute Gasteiger partial charge is 0.367 e. The second kappa shape index (κ2) is 5.26. The Hall–Kier alpha value is -1.47. The van der Waals surface area contributed by atoms with E-state index in [1.165, 1.54) is 11.4 Å². The van der Waals surface area contributed by atoms with Crippen molar-refractivity contribution in [1.82, 2.24) is 4.98 Å². The number of hydrogen-bond donors (Lipinski definition) is 2. The first kappa shape index (κ1) is 14.0. The topological polar surface area (TPSA) is 110 Å². The average molecular weight is 303 g/mol. The van der Waals surface area contributed by atoms with Crippen molar-refractivity contribution in [2.24, 2.45) is 0 Å². The van der Waals surface area contributed by atoms with Crippen LogP contribution in [0.3, 0.4) is 0 Å². The molecule has 0 unspecified atom stereocenters. The van der Waals surface area contributed by atoms with Gasteiger partial charge in [-0.25, -0.2) is 9.78 Å². The van der Waals surface area contributed by atoms with E-state index in [2.05, 4.69) is 4.98 Å². The summed E-state index contributed by atoms with van der Waals surface area (Å²) in [5, 5.41) is 1.32. The van der Waals surface area contributed by atoms with Crippen molar-refractivity contribution in [3.8, 4) is 11.5 Å². The number of thiazole rings is 1. The molecule has 9 heteroatoms. The van der Waals surface area contributed by atoms with Crippen LogP contribution in [0.15, 0.2) is 22.1 Å². The number of aromatic nitrogens is 1. The first-order valence-electron chi connectivity index (χ1n) is 5.20.